The summed E-state index contributed by atoms with van der Waals surface area (Å²) in [6, 6.07) is 21.1. The maximum absolute atomic E-state index is 11.8. The maximum Gasteiger partial charge on any atom is 0.308 e. The van der Waals surface area contributed by atoms with Crippen molar-refractivity contribution in [2.75, 3.05) is 11.4 Å². The van der Waals surface area contributed by atoms with E-state index in [2.05, 4.69) is 48.2 Å². The van der Waals surface area contributed by atoms with Gasteiger partial charge in [0, 0.05) is 35.5 Å². The van der Waals surface area contributed by atoms with E-state index in [1.54, 1.807) is 0 Å². The third-order valence-corrected chi connectivity index (χ3v) is 7.60. The van der Waals surface area contributed by atoms with Gasteiger partial charge in [0.1, 0.15) is 5.82 Å². The molecule has 2 aliphatic heterocycles. The molecule has 2 saturated heterocycles. The van der Waals surface area contributed by atoms with Gasteiger partial charge >= 0.3 is 5.97 Å². The number of fused-ring (bicyclic) bond motifs is 3. The van der Waals surface area contributed by atoms with Gasteiger partial charge < -0.3 is 10.0 Å². The molecule has 172 valence electrons. The highest BCUT2D eigenvalue weighted by atomic mass is 16.4. The minimum Gasteiger partial charge on any atom is -0.481 e. The molecule has 0 spiro atoms. The number of aliphatic carboxylic acids is 1. The van der Waals surface area contributed by atoms with Gasteiger partial charge in [-0.25, -0.2) is 4.98 Å². The van der Waals surface area contributed by atoms with Crippen LogP contribution >= 0.6 is 0 Å². The zero-order valence-corrected chi connectivity index (χ0v) is 19.5. The highest BCUT2D eigenvalue weighted by Crippen LogP contribution is 2.52. The first kappa shape index (κ1) is 20.9. The van der Waals surface area contributed by atoms with E-state index in [1.807, 2.05) is 35.7 Å². The number of carboxylic acid groups (broad SMARTS) is 1. The first-order valence-electron chi connectivity index (χ1n) is 11.9. The second-order valence-electron chi connectivity index (χ2n) is 10.1. The lowest BCUT2D eigenvalue weighted by Gasteiger charge is -2.57. The van der Waals surface area contributed by atoms with Crippen LogP contribution in [0.15, 0.2) is 60.7 Å². The van der Waals surface area contributed by atoms with Crippen LogP contribution in [0.4, 0.5) is 5.82 Å². The van der Waals surface area contributed by atoms with Crippen LogP contribution in [0.3, 0.4) is 0 Å². The summed E-state index contributed by atoms with van der Waals surface area (Å²) in [5, 5.41) is 14.6. The quantitative estimate of drug-likeness (QED) is 0.440. The number of aromatic nitrogens is 3. The van der Waals surface area contributed by atoms with E-state index in [9.17, 15) is 9.90 Å². The molecule has 7 rings (SSSR count). The van der Waals surface area contributed by atoms with Crippen molar-refractivity contribution < 1.29 is 9.90 Å². The number of benzene rings is 2. The molecule has 0 unspecified atom stereocenters. The van der Waals surface area contributed by atoms with Crippen molar-refractivity contribution in [2.45, 2.75) is 45.6 Å². The second-order valence-corrected chi connectivity index (χ2v) is 10.1. The van der Waals surface area contributed by atoms with E-state index < -0.39 is 5.97 Å². The van der Waals surface area contributed by atoms with Gasteiger partial charge in [-0.15, -0.1) is 0 Å². The van der Waals surface area contributed by atoms with Crippen molar-refractivity contribution in [1.29, 1.82) is 0 Å². The van der Waals surface area contributed by atoms with Crippen LogP contribution in [0, 0.1) is 12.3 Å². The Balaban J connectivity index is 1.49. The summed E-state index contributed by atoms with van der Waals surface area (Å²) in [7, 11) is 0. The average molecular weight is 453 g/mol. The first-order valence-corrected chi connectivity index (χ1v) is 11.9. The number of carbonyl (C=O) groups is 1. The standard InChI is InChI=1S/C28H28N4O2/c1-18-23(14-26(33)34)27(31-12-11-28(2)16-22(31)17-28)32-25(29-18)15-24(30-32)21-10-6-9-20(13-21)19-7-4-3-5-8-19/h3-10,13,15,22H,11-12,14,16-17H2,1-2H3,(H,33,34). The number of aryl methyl sites for hydroxylation is 1. The molecule has 1 N–H and O–H groups in total. The summed E-state index contributed by atoms with van der Waals surface area (Å²) < 4.78 is 1.89. The lowest BCUT2D eigenvalue weighted by atomic mass is 9.61. The first-order chi connectivity index (χ1) is 16.4. The molecule has 1 saturated carbocycles. The van der Waals surface area contributed by atoms with Gasteiger partial charge in [-0.05, 0) is 48.8 Å². The Labute approximate surface area is 198 Å². The minimum absolute atomic E-state index is 0.0523. The molecule has 2 bridgehead atoms. The number of nitrogens with zero attached hydrogens (tertiary/aromatic N) is 4. The lowest BCUT2D eigenvalue weighted by molar-refractivity contribution is -0.136. The molecule has 6 nitrogen and oxygen atoms in total. The SMILES string of the molecule is Cc1nc2cc(-c3cccc(-c4ccccc4)c3)nn2c(N2CCC3(C)CC2C3)c1CC(=O)O. The number of carboxylic acids is 1. The molecule has 2 aromatic carbocycles. The van der Waals surface area contributed by atoms with Gasteiger partial charge in [0.25, 0.3) is 0 Å². The number of hydrogen-bond acceptors (Lipinski definition) is 4. The topological polar surface area (TPSA) is 70.7 Å². The molecule has 2 aromatic heterocycles. The van der Waals surface area contributed by atoms with Gasteiger partial charge in [-0.3, -0.25) is 4.79 Å². The third-order valence-electron chi connectivity index (χ3n) is 7.60. The van der Waals surface area contributed by atoms with Crippen molar-refractivity contribution in [3.05, 3.63) is 71.9 Å². The fourth-order valence-corrected chi connectivity index (χ4v) is 5.77. The third kappa shape index (κ3) is 3.45. The smallest absolute Gasteiger partial charge is 0.308 e. The summed E-state index contributed by atoms with van der Waals surface area (Å²) in [6.45, 7) is 5.20. The Morgan fingerprint density at radius 3 is 2.50 bits per heavy atom. The molecule has 4 heterocycles. The normalized spacial score (nSPS) is 21.5. The van der Waals surface area contributed by atoms with Crippen LogP contribution in [-0.4, -0.2) is 38.3 Å². The Morgan fingerprint density at radius 2 is 1.79 bits per heavy atom. The summed E-state index contributed by atoms with van der Waals surface area (Å²) in [4.78, 5) is 18.9. The zero-order chi connectivity index (χ0) is 23.4. The Bertz CT molecular complexity index is 1400. The van der Waals surface area contributed by atoms with E-state index >= 15 is 0 Å². The monoisotopic (exact) mass is 452 g/mol. The highest BCUT2D eigenvalue weighted by molar-refractivity contribution is 5.76. The van der Waals surface area contributed by atoms with Crippen LogP contribution in [0.1, 0.15) is 37.4 Å². The molecular formula is C28H28N4O2. The van der Waals surface area contributed by atoms with Crippen molar-refractivity contribution >= 4 is 17.4 Å². The van der Waals surface area contributed by atoms with Gasteiger partial charge in [0.2, 0.25) is 0 Å². The van der Waals surface area contributed by atoms with Crippen LogP contribution in [-0.2, 0) is 11.2 Å². The van der Waals surface area contributed by atoms with Crippen molar-refractivity contribution in [3.8, 4) is 22.4 Å². The average Bonchev–Trinajstić information content (AvgIpc) is 3.23. The summed E-state index contributed by atoms with van der Waals surface area (Å²) in [5.41, 5.74) is 6.88. The number of hydrogen-bond donors (Lipinski definition) is 1. The Hall–Kier alpha value is -3.67. The number of anilines is 1. The zero-order valence-electron chi connectivity index (χ0n) is 19.5. The van der Waals surface area contributed by atoms with Crippen LogP contribution in [0.5, 0.6) is 0 Å². The second kappa shape index (κ2) is 7.69. The van der Waals surface area contributed by atoms with Gasteiger partial charge in [-0.2, -0.15) is 9.61 Å². The molecule has 3 aliphatic rings. The van der Waals surface area contributed by atoms with E-state index in [0.717, 1.165) is 70.9 Å². The number of piperidine rings is 2. The summed E-state index contributed by atoms with van der Waals surface area (Å²) in [6.07, 6.45) is 3.36. The van der Waals surface area contributed by atoms with Crippen molar-refractivity contribution in [2.24, 2.45) is 5.41 Å². The highest BCUT2D eigenvalue weighted by Gasteiger charge is 2.48. The van der Waals surface area contributed by atoms with Crippen LogP contribution in [0.2, 0.25) is 0 Å². The molecule has 0 radical (unpaired) electrons. The molecule has 0 atom stereocenters. The molecule has 3 fully saturated rings. The predicted molar refractivity (Wildman–Crippen MR) is 133 cm³/mol. The van der Waals surface area contributed by atoms with Gasteiger partial charge in [0.05, 0.1) is 12.1 Å². The van der Waals surface area contributed by atoms with E-state index in [4.69, 9.17) is 10.1 Å². The Kier molecular flexibility index (Phi) is 4.73. The molecule has 1 aliphatic carbocycles. The van der Waals surface area contributed by atoms with E-state index in [-0.39, 0.29) is 6.42 Å². The summed E-state index contributed by atoms with van der Waals surface area (Å²) >= 11 is 0. The fraction of sp³-hybridized carbons (Fsp3) is 0.321. The largest absolute Gasteiger partial charge is 0.481 e. The number of rotatable bonds is 5. The Morgan fingerprint density at radius 1 is 1.06 bits per heavy atom. The van der Waals surface area contributed by atoms with E-state index in [0.29, 0.717) is 11.5 Å². The molecule has 34 heavy (non-hydrogen) atoms. The van der Waals surface area contributed by atoms with E-state index in [1.165, 1.54) is 0 Å². The molecule has 0 amide bonds. The fourth-order valence-electron chi connectivity index (χ4n) is 5.77. The van der Waals surface area contributed by atoms with Crippen LogP contribution < -0.4 is 4.90 Å². The van der Waals surface area contributed by atoms with Crippen molar-refractivity contribution in [3.63, 3.8) is 0 Å². The van der Waals surface area contributed by atoms with Crippen LogP contribution in [0.25, 0.3) is 28.0 Å². The lowest BCUT2D eigenvalue weighted by Crippen LogP contribution is -2.57. The molecule has 4 aromatic rings. The molecule has 6 heteroatoms. The predicted octanol–water partition coefficient (Wildman–Crippen LogP) is 5.38. The minimum atomic E-state index is -0.844. The summed E-state index contributed by atoms with van der Waals surface area (Å²) in [5.74, 6) is 0.0611. The van der Waals surface area contributed by atoms with Gasteiger partial charge in [-0.1, -0.05) is 55.5 Å². The van der Waals surface area contributed by atoms with Crippen molar-refractivity contribution in [1.82, 2.24) is 14.6 Å². The molecular weight excluding hydrogens is 424 g/mol. The van der Waals surface area contributed by atoms with Gasteiger partial charge in [0.15, 0.2) is 5.65 Å². The maximum atomic E-state index is 11.8.